The van der Waals surface area contributed by atoms with Gasteiger partial charge < -0.3 is 20.1 Å². The predicted molar refractivity (Wildman–Crippen MR) is 51.3 cm³/mol. The van der Waals surface area contributed by atoms with Crippen LogP contribution >= 0.6 is 0 Å². The molecule has 6 heteroatoms. The fourth-order valence-electron chi connectivity index (χ4n) is 0.886. The highest BCUT2D eigenvalue weighted by Gasteiger charge is 1.96. The monoisotopic (exact) mass is 199 g/mol. The van der Waals surface area contributed by atoms with Crippen molar-refractivity contribution in [1.29, 1.82) is 0 Å². The number of aromatic amines is 1. The summed E-state index contributed by atoms with van der Waals surface area (Å²) in [5.74, 6) is 0.278. The second kappa shape index (κ2) is 6.11. The van der Waals surface area contributed by atoms with E-state index in [4.69, 9.17) is 9.84 Å². The molecule has 0 saturated heterocycles. The zero-order valence-electron chi connectivity index (χ0n) is 7.69. The van der Waals surface area contributed by atoms with E-state index in [-0.39, 0.29) is 18.0 Å². The van der Waals surface area contributed by atoms with Gasteiger partial charge in [0.1, 0.15) is 0 Å². The van der Waals surface area contributed by atoms with Crippen LogP contribution in [0.15, 0.2) is 17.2 Å². The van der Waals surface area contributed by atoms with Gasteiger partial charge in [-0.1, -0.05) is 0 Å². The van der Waals surface area contributed by atoms with Gasteiger partial charge in [-0.25, -0.2) is 4.98 Å². The molecule has 0 spiro atoms. The molecule has 1 aromatic rings. The van der Waals surface area contributed by atoms with Gasteiger partial charge >= 0.3 is 0 Å². The van der Waals surface area contributed by atoms with E-state index < -0.39 is 0 Å². The highest BCUT2D eigenvalue weighted by molar-refractivity contribution is 5.29. The summed E-state index contributed by atoms with van der Waals surface area (Å²) in [6.07, 6.45) is 2.97. The number of hydrogen-bond donors (Lipinski definition) is 3. The Balaban J connectivity index is 2.25. The van der Waals surface area contributed by atoms with Crippen molar-refractivity contribution in [3.05, 3.63) is 22.7 Å². The number of hydrogen-bond acceptors (Lipinski definition) is 5. The molecular formula is C8H13N3O3. The Kier molecular flexibility index (Phi) is 4.66. The van der Waals surface area contributed by atoms with Gasteiger partial charge in [0.15, 0.2) is 5.82 Å². The normalized spacial score (nSPS) is 10.1. The van der Waals surface area contributed by atoms with Gasteiger partial charge in [0.2, 0.25) is 0 Å². The molecule has 0 aliphatic carbocycles. The number of ether oxygens (including phenoxy) is 1. The molecule has 1 rings (SSSR count). The highest BCUT2D eigenvalue weighted by atomic mass is 16.5. The first-order valence-electron chi connectivity index (χ1n) is 4.31. The summed E-state index contributed by atoms with van der Waals surface area (Å²) in [6, 6.07) is 0. The van der Waals surface area contributed by atoms with E-state index in [0.29, 0.717) is 19.8 Å². The van der Waals surface area contributed by atoms with E-state index >= 15 is 0 Å². The molecule has 0 fully saturated rings. The van der Waals surface area contributed by atoms with Crippen molar-refractivity contribution in [1.82, 2.24) is 9.97 Å². The molecule has 1 aromatic heterocycles. The maximum Gasteiger partial charge on any atom is 0.290 e. The third-order valence-electron chi connectivity index (χ3n) is 1.48. The molecule has 0 aliphatic rings. The molecule has 3 N–H and O–H groups in total. The molecule has 0 bridgehead atoms. The van der Waals surface area contributed by atoms with Crippen LogP contribution in [-0.2, 0) is 4.74 Å². The number of aliphatic hydroxyl groups is 1. The van der Waals surface area contributed by atoms with Crippen molar-refractivity contribution in [2.75, 3.05) is 31.7 Å². The van der Waals surface area contributed by atoms with Crippen molar-refractivity contribution in [2.45, 2.75) is 0 Å². The van der Waals surface area contributed by atoms with Crippen LogP contribution in [0, 0.1) is 0 Å². The minimum atomic E-state index is -0.255. The van der Waals surface area contributed by atoms with E-state index in [1.54, 1.807) is 0 Å². The lowest BCUT2D eigenvalue weighted by molar-refractivity contribution is 0.0992. The second-order valence-electron chi connectivity index (χ2n) is 2.53. The van der Waals surface area contributed by atoms with Crippen LogP contribution in [0.25, 0.3) is 0 Å². The molecule has 0 aromatic carbocycles. The number of aliphatic hydroxyl groups excluding tert-OH is 1. The van der Waals surface area contributed by atoms with Crippen LogP contribution in [0.1, 0.15) is 0 Å². The van der Waals surface area contributed by atoms with E-state index in [9.17, 15) is 4.79 Å². The van der Waals surface area contributed by atoms with Gasteiger partial charge in [-0.05, 0) is 0 Å². The third kappa shape index (κ3) is 3.55. The van der Waals surface area contributed by atoms with Gasteiger partial charge in [0, 0.05) is 18.9 Å². The van der Waals surface area contributed by atoms with Gasteiger partial charge in [-0.3, -0.25) is 4.79 Å². The van der Waals surface area contributed by atoms with Crippen LogP contribution in [0.2, 0.25) is 0 Å². The summed E-state index contributed by atoms with van der Waals surface area (Å²) in [5, 5.41) is 11.2. The highest BCUT2D eigenvalue weighted by Crippen LogP contribution is 1.88. The second-order valence-corrected chi connectivity index (χ2v) is 2.53. The standard InChI is InChI=1S/C8H13N3O3/c12-4-6-14-5-3-10-7-8(13)11-2-1-9-7/h1-2,12H,3-6H2,(H,9,10)(H,11,13). The van der Waals surface area contributed by atoms with Crippen LogP contribution in [0.5, 0.6) is 0 Å². The Bertz CT molecular complexity index is 313. The molecule has 0 unspecified atom stereocenters. The first-order valence-corrected chi connectivity index (χ1v) is 4.31. The van der Waals surface area contributed by atoms with E-state index in [1.165, 1.54) is 12.4 Å². The number of nitrogens with zero attached hydrogens (tertiary/aromatic N) is 1. The Labute approximate surface area is 80.9 Å². The van der Waals surface area contributed by atoms with E-state index in [1.807, 2.05) is 0 Å². The molecule has 1 heterocycles. The van der Waals surface area contributed by atoms with Crippen molar-refractivity contribution in [3.63, 3.8) is 0 Å². The fourth-order valence-corrected chi connectivity index (χ4v) is 0.886. The lowest BCUT2D eigenvalue weighted by Gasteiger charge is -2.04. The third-order valence-corrected chi connectivity index (χ3v) is 1.48. The summed E-state index contributed by atoms with van der Waals surface area (Å²) in [7, 11) is 0. The van der Waals surface area contributed by atoms with Crippen molar-refractivity contribution >= 4 is 5.82 Å². The molecule has 0 atom stereocenters. The average Bonchev–Trinajstić information content (AvgIpc) is 2.20. The van der Waals surface area contributed by atoms with Gasteiger partial charge in [0.05, 0.1) is 19.8 Å². The molecular weight excluding hydrogens is 186 g/mol. The molecule has 78 valence electrons. The molecule has 0 saturated carbocycles. The van der Waals surface area contributed by atoms with E-state index in [0.717, 1.165) is 0 Å². The molecule has 0 radical (unpaired) electrons. The summed E-state index contributed by atoms with van der Waals surface area (Å²) in [6.45, 7) is 1.22. The maximum atomic E-state index is 11.1. The Morgan fingerprint density at radius 1 is 1.57 bits per heavy atom. The number of nitrogens with one attached hydrogen (secondary N) is 2. The van der Waals surface area contributed by atoms with Crippen molar-refractivity contribution < 1.29 is 9.84 Å². The van der Waals surface area contributed by atoms with Crippen LogP contribution in [-0.4, -0.2) is 41.4 Å². The Morgan fingerprint density at radius 3 is 3.14 bits per heavy atom. The Morgan fingerprint density at radius 2 is 2.43 bits per heavy atom. The number of H-pyrrole nitrogens is 1. The van der Waals surface area contributed by atoms with Gasteiger partial charge in [0.25, 0.3) is 5.56 Å². The Hall–Kier alpha value is -1.40. The first-order chi connectivity index (χ1) is 6.84. The predicted octanol–water partition coefficient (Wildman–Crippen LogP) is -0.809. The van der Waals surface area contributed by atoms with Crippen molar-refractivity contribution in [3.8, 4) is 0 Å². The lowest BCUT2D eigenvalue weighted by atomic mass is 10.6. The first kappa shape index (κ1) is 10.7. The van der Waals surface area contributed by atoms with E-state index in [2.05, 4.69) is 15.3 Å². The SMILES string of the molecule is O=c1[nH]ccnc1NCCOCCO. The van der Waals surface area contributed by atoms with Crippen molar-refractivity contribution in [2.24, 2.45) is 0 Å². The minimum absolute atomic E-state index is 0.00414. The number of aromatic nitrogens is 2. The summed E-state index contributed by atoms with van der Waals surface area (Å²) < 4.78 is 4.99. The minimum Gasteiger partial charge on any atom is -0.394 e. The molecule has 0 amide bonds. The van der Waals surface area contributed by atoms with Gasteiger partial charge in [-0.2, -0.15) is 0 Å². The van der Waals surface area contributed by atoms with Gasteiger partial charge in [-0.15, -0.1) is 0 Å². The average molecular weight is 199 g/mol. The quantitative estimate of drug-likeness (QED) is 0.522. The zero-order chi connectivity index (χ0) is 10.2. The maximum absolute atomic E-state index is 11.1. The fraction of sp³-hybridized carbons (Fsp3) is 0.500. The van der Waals surface area contributed by atoms with Crippen LogP contribution in [0.3, 0.4) is 0 Å². The zero-order valence-corrected chi connectivity index (χ0v) is 7.69. The molecule has 14 heavy (non-hydrogen) atoms. The van der Waals surface area contributed by atoms with Crippen LogP contribution in [0.4, 0.5) is 5.82 Å². The molecule has 6 nitrogen and oxygen atoms in total. The van der Waals surface area contributed by atoms with Crippen LogP contribution < -0.4 is 10.9 Å². The molecule has 0 aliphatic heterocycles. The largest absolute Gasteiger partial charge is 0.394 e. The topological polar surface area (TPSA) is 87.2 Å². The smallest absolute Gasteiger partial charge is 0.290 e. The summed E-state index contributed by atoms with van der Waals surface area (Å²) in [5.41, 5.74) is -0.255. The lowest BCUT2D eigenvalue weighted by Crippen LogP contribution is -2.19. The summed E-state index contributed by atoms with van der Waals surface area (Å²) >= 11 is 0. The summed E-state index contributed by atoms with van der Waals surface area (Å²) in [4.78, 5) is 17.4. The number of rotatable bonds is 6. The number of anilines is 1.